The predicted octanol–water partition coefficient (Wildman–Crippen LogP) is 2.82. The number of rotatable bonds is 7. The Bertz CT molecular complexity index is 946. The van der Waals surface area contributed by atoms with Gasteiger partial charge in [-0.3, -0.25) is 4.79 Å². The van der Waals surface area contributed by atoms with Gasteiger partial charge in [-0.15, -0.1) is 0 Å². The van der Waals surface area contributed by atoms with Gasteiger partial charge in [-0.1, -0.05) is 41.9 Å². The Hall–Kier alpha value is -2.16. The molecule has 1 N–H and O–H groups in total. The molecule has 9 heteroatoms. The highest BCUT2D eigenvalue weighted by atomic mass is 35.5. The fourth-order valence-electron chi connectivity index (χ4n) is 2.91. The second-order valence-electron chi connectivity index (χ2n) is 6.47. The average Bonchev–Trinajstić information content (AvgIpc) is 3.19. The zero-order chi connectivity index (χ0) is 20.1. The molecule has 1 heterocycles. The van der Waals surface area contributed by atoms with Crippen LogP contribution < -0.4 is 9.46 Å². The Morgan fingerprint density at radius 1 is 1.29 bits per heavy atom. The molecule has 1 atom stereocenters. The van der Waals surface area contributed by atoms with Crippen LogP contribution in [-0.4, -0.2) is 44.2 Å². The summed E-state index contributed by atoms with van der Waals surface area (Å²) in [6.07, 6.45) is 0.359. The zero-order valence-electron chi connectivity index (χ0n) is 15.0. The minimum atomic E-state index is -3.55. The SMILES string of the molecule is O=C(COc1ccc(F)c(Cl)c1)N1CCC(S(=O)(=O)NCc2ccccc2)C1.[HH]. The molecule has 1 fully saturated rings. The van der Waals surface area contributed by atoms with Gasteiger partial charge in [0.25, 0.3) is 5.91 Å². The van der Waals surface area contributed by atoms with Gasteiger partial charge in [0.2, 0.25) is 10.0 Å². The van der Waals surface area contributed by atoms with Crippen molar-refractivity contribution in [2.45, 2.75) is 18.2 Å². The molecule has 0 aromatic heterocycles. The van der Waals surface area contributed by atoms with Crippen LogP contribution in [0.25, 0.3) is 0 Å². The molecule has 152 valence electrons. The van der Waals surface area contributed by atoms with Crippen LogP contribution in [-0.2, 0) is 21.4 Å². The van der Waals surface area contributed by atoms with Crippen molar-refractivity contribution in [1.29, 1.82) is 0 Å². The summed E-state index contributed by atoms with van der Waals surface area (Å²) in [5.74, 6) is -0.634. The van der Waals surface area contributed by atoms with Crippen LogP contribution in [0.15, 0.2) is 48.5 Å². The van der Waals surface area contributed by atoms with Gasteiger partial charge in [0.15, 0.2) is 6.61 Å². The van der Waals surface area contributed by atoms with Crippen LogP contribution in [0.3, 0.4) is 0 Å². The molecule has 6 nitrogen and oxygen atoms in total. The lowest BCUT2D eigenvalue weighted by molar-refractivity contribution is -0.132. The van der Waals surface area contributed by atoms with Gasteiger partial charge in [0, 0.05) is 27.1 Å². The molecule has 0 radical (unpaired) electrons. The Labute approximate surface area is 169 Å². The van der Waals surface area contributed by atoms with Gasteiger partial charge in [0.05, 0.1) is 10.3 Å². The van der Waals surface area contributed by atoms with Gasteiger partial charge >= 0.3 is 0 Å². The van der Waals surface area contributed by atoms with Crippen molar-refractivity contribution in [2.75, 3.05) is 19.7 Å². The molecule has 1 aliphatic heterocycles. The van der Waals surface area contributed by atoms with E-state index in [1.54, 1.807) is 0 Å². The molecule has 0 bridgehead atoms. The topological polar surface area (TPSA) is 75.7 Å². The quantitative estimate of drug-likeness (QED) is 0.735. The van der Waals surface area contributed by atoms with Crippen molar-refractivity contribution >= 4 is 27.5 Å². The smallest absolute Gasteiger partial charge is 0.260 e. The predicted molar refractivity (Wildman–Crippen MR) is 106 cm³/mol. The molecule has 3 rings (SSSR count). The molecule has 2 aromatic carbocycles. The highest BCUT2D eigenvalue weighted by Crippen LogP contribution is 2.22. The third kappa shape index (κ3) is 5.21. The first-order chi connectivity index (χ1) is 13.3. The average molecular weight is 429 g/mol. The Balaban J connectivity index is 0.00000300. The molecule has 2 aromatic rings. The number of sulfonamides is 1. The van der Waals surface area contributed by atoms with E-state index in [1.807, 2.05) is 30.3 Å². The second-order valence-corrected chi connectivity index (χ2v) is 8.92. The molecule has 0 saturated carbocycles. The number of ether oxygens (including phenoxy) is 1. The lowest BCUT2D eigenvalue weighted by atomic mass is 10.2. The first kappa shape index (κ1) is 20.6. The molecule has 1 saturated heterocycles. The number of hydrogen-bond donors (Lipinski definition) is 1. The van der Waals surface area contributed by atoms with Crippen LogP contribution >= 0.6 is 11.6 Å². The maximum atomic E-state index is 13.1. The van der Waals surface area contributed by atoms with Crippen LogP contribution in [0.4, 0.5) is 4.39 Å². The molecule has 0 aliphatic carbocycles. The van der Waals surface area contributed by atoms with Crippen molar-refractivity contribution in [2.24, 2.45) is 0 Å². The Morgan fingerprint density at radius 2 is 2.04 bits per heavy atom. The maximum Gasteiger partial charge on any atom is 0.260 e. The van der Waals surface area contributed by atoms with Crippen LogP contribution in [0.2, 0.25) is 5.02 Å². The first-order valence-electron chi connectivity index (χ1n) is 8.73. The highest BCUT2D eigenvalue weighted by molar-refractivity contribution is 7.90. The summed E-state index contributed by atoms with van der Waals surface area (Å²) in [6.45, 7) is 0.383. The summed E-state index contributed by atoms with van der Waals surface area (Å²) in [7, 11) is -3.55. The number of hydrogen-bond acceptors (Lipinski definition) is 4. The van der Waals surface area contributed by atoms with Gasteiger partial charge in [0.1, 0.15) is 11.6 Å². The fourth-order valence-corrected chi connectivity index (χ4v) is 4.47. The van der Waals surface area contributed by atoms with E-state index < -0.39 is 21.1 Å². The lowest BCUT2D eigenvalue weighted by Gasteiger charge is -2.17. The molecule has 1 amide bonds. The molecule has 28 heavy (non-hydrogen) atoms. The van der Waals surface area contributed by atoms with Gasteiger partial charge < -0.3 is 9.64 Å². The summed E-state index contributed by atoms with van der Waals surface area (Å²) < 4.78 is 46.1. The van der Waals surface area contributed by atoms with Gasteiger partial charge in [-0.25, -0.2) is 17.5 Å². The van der Waals surface area contributed by atoms with E-state index in [1.165, 1.54) is 17.0 Å². The van der Waals surface area contributed by atoms with Crippen LogP contribution in [0.1, 0.15) is 13.4 Å². The number of nitrogens with one attached hydrogen (secondary N) is 1. The first-order valence-corrected chi connectivity index (χ1v) is 10.7. The van der Waals surface area contributed by atoms with Crippen molar-refractivity contribution in [3.8, 4) is 5.75 Å². The van der Waals surface area contributed by atoms with Gasteiger partial charge in [-0.2, -0.15) is 0 Å². The monoisotopic (exact) mass is 428 g/mol. The number of carbonyl (C=O) groups excluding carboxylic acids is 1. The van der Waals surface area contributed by atoms with E-state index in [-0.39, 0.29) is 37.8 Å². The van der Waals surface area contributed by atoms with Crippen molar-refractivity contribution in [1.82, 2.24) is 9.62 Å². The third-order valence-electron chi connectivity index (χ3n) is 4.51. The molecule has 1 unspecified atom stereocenters. The highest BCUT2D eigenvalue weighted by Gasteiger charge is 2.35. The van der Waals surface area contributed by atoms with Crippen molar-refractivity contribution < 1.29 is 23.8 Å². The van der Waals surface area contributed by atoms with E-state index in [9.17, 15) is 17.6 Å². The number of benzene rings is 2. The van der Waals surface area contributed by atoms with E-state index in [0.29, 0.717) is 13.0 Å². The van der Waals surface area contributed by atoms with Crippen LogP contribution in [0, 0.1) is 5.82 Å². The van der Waals surface area contributed by atoms with Crippen LogP contribution in [0.5, 0.6) is 5.75 Å². The fraction of sp³-hybridized carbons (Fsp3) is 0.316. The minimum absolute atomic E-state index is 0. The summed E-state index contributed by atoms with van der Waals surface area (Å²) in [5.41, 5.74) is 0.864. The molecular formula is C19H22ClFN2O4S. The van der Waals surface area contributed by atoms with Gasteiger partial charge in [-0.05, 0) is 24.1 Å². The summed E-state index contributed by atoms with van der Waals surface area (Å²) >= 11 is 5.68. The van der Waals surface area contributed by atoms with E-state index in [4.69, 9.17) is 16.3 Å². The molecular weight excluding hydrogens is 407 g/mol. The maximum absolute atomic E-state index is 13.1. The van der Waals surface area contributed by atoms with E-state index in [0.717, 1.165) is 11.6 Å². The minimum Gasteiger partial charge on any atom is -0.484 e. The van der Waals surface area contributed by atoms with E-state index >= 15 is 0 Å². The number of nitrogens with zero attached hydrogens (tertiary/aromatic N) is 1. The number of amides is 1. The number of likely N-dealkylation sites (tertiary alicyclic amines) is 1. The number of halogens is 2. The van der Waals surface area contributed by atoms with Crippen molar-refractivity contribution in [3.63, 3.8) is 0 Å². The summed E-state index contributed by atoms with van der Waals surface area (Å²) in [6, 6.07) is 13.0. The summed E-state index contributed by atoms with van der Waals surface area (Å²) in [5, 5.41) is -0.762. The summed E-state index contributed by atoms with van der Waals surface area (Å²) in [4.78, 5) is 13.8. The number of carbonyl (C=O) groups is 1. The zero-order valence-corrected chi connectivity index (χ0v) is 16.5. The molecule has 1 aliphatic rings. The Morgan fingerprint density at radius 3 is 2.75 bits per heavy atom. The second kappa shape index (κ2) is 8.89. The van der Waals surface area contributed by atoms with Crippen molar-refractivity contribution in [3.05, 3.63) is 64.9 Å². The Kier molecular flexibility index (Phi) is 6.53. The molecule has 0 spiro atoms. The standard InChI is InChI=1S/C19H20ClFN2O4S.H2/c20-17-10-15(6-7-18(17)21)27-13-19(24)23-9-8-16(12-23)28(25,26)22-11-14-4-2-1-3-5-14;/h1-7,10,16,22H,8-9,11-13H2;1H. The normalized spacial score (nSPS) is 16.9. The largest absolute Gasteiger partial charge is 0.484 e. The lowest BCUT2D eigenvalue weighted by Crippen LogP contribution is -2.38. The van der Waals surface area contributed by atoms with E-state index in [2.05, 4.69) is 4.72 Å². The third-order valence-corrected chi connectivity index (χ3v) is 6.61.